The van der Waals surface area contributed by atoms with Gasteiger partial charge in [0.05, 0.1) is 19.3 Å². The van der Waals surface area contributed by atoms with Gasteiger partial charge in [0, 0.05) is 6.54 Å². The molecule has 0 radical (unpaired) electrons. The summed E-state index contributed by atoms with van der Waals surface area (Å²) in [5.74, 6) is 0. The standard InChI is InChI=1S/C13H14N2O3/c14-8-12-10-17-7-6-15(12)13(16)18-9-11-4-2-1-3-5-11/h1-5,12H,6-7,9-10H2. The number of benzene rings is 1. The zero-order valence-electron chi connectivity index (χ0n) is 9.91. The Balaban J connectivity index is 1.89. The number of nitriles is 1. The first-order chi connectivity index (χ1) is 8.81. The van der Waals surface area contributed by atoms with Gasteiger partial charge in [-0.05, 0) is 5.56 Å². The molecule has 1 fully saturated rings. The van der Waals surface area contributed by atoms with Gasteiger partial charge in [-0.1, -0.05) is 30.3 Å². The van der Waals surface area contributed by atoms with Crippen LogP contribution in [0.1, 0.15) is 5.56 Å². The van der Waals surface area contributed by atoms with Crippen LogP contribution < -0.4 is 0 Å². The third-order valence-electron chi connectivity index (χ3n) is 2.72. The molecule has 1 aliphatic heterocycles. The molecule has 5 nitrogen and oxygen atoms in total. The maximum Gasteiger partial charge on any atom is 0.411 e. The summed E-state index contributed by atoms with van der Waals surface area (Å²) in [7, 11) is 0. The fourth-order valence-corrected chi connectivity index (χ4v) is 1.73. The molecule has 1 unspecified atom stereocenters. The van der Waals surface area contributed by atoms with Crippen LogP contribution in [0.2, 0.25) is 0 Å². The second kappa shape index (κ2) is 6.03. The molecule has 18 heavy (non-hydrogen) atoms. The van der Waals surface area contributed by atoms with Gasteiger partial charge in [0.25, 0.3) is 0 Å². The second-order valence-electron chi connectivity index (χ2n) is 3.95. The molecule has 5 heteroatoms. The highest BCUT2D eigenvalue weighted by atomic mass is 16.6. The van der Waals surface area contributed by atoms with Gasteiger partial charge in [-0.2, -0.15) is 5.26 Å². The summed E-state index contributed by atoms with van der Waals surface area (Å²) < 4.78 is 10.3. The van der Waals surface area contributed by atoms with E-state index in [1.165, 1.54) is 4.90 Å². The van der Waals surface area contributed by atoms with Crippen LogP contribution in [0.5, 0.6) is 0 Å². The van der Waals surface area contributed by atoms with Gasteiger partial charge in [-0.25, -0.2) is 4.79 Å². The van der Waals surface area contributed by atoms with Crippen molar-refractivity contribution < 1.29 is 14.3 Å². The van der Waals surface area contributed by atoms with Crippen molar-refractivity contribution in [3.63, 3.8) is 0 Å². The highest BCUT2D eigenvalue weighted by Gasteiger charge is 2.28. The van der Waals surface area contributed by atoms with Crippen LogP contribution in [0.15, 0.2) is 30.3 Å². The molecule has 1 aromatic carbocycles. The molecule has 0 bridgehead atoms. The molecule has 2 rings (SSSR count). The lowest BCUT2D eigenvalue weighted by molar-refractivity contribution is 0.00559. The van der Waals surface area contributed by atoms with Crippen molar-refractivity contribution in [2.45, 2.75) is 12.6 Å². The van der Waals surface area contributed by atoms with Crippen LogP contribution in [-0.2, 0) is 16.1 Å². The molecular weight excluding hydrogens is 232 g/mol. The number of hydrogen-bond donors (Lipinski definition) is 0. The number of amides is 1. The Labute approximate surface area is 106 Å². The molecule has 1 aromatic rings. The minimum Gasteiger partial charge on any atom is -0.445 e. The van der Waals surface area contributed by atoms with Gasteiger partial charge in [0.2, 0.25) is 0 Å². The fraction of sp³-hybridized carbons (Fsp3) is 0.385. The zero-order valence-corrected chi connectivity index (χ0v) is 9.91. The summed E-state index contributed by atoms with van der Waals surface area (Å²) in [6.07, 6.45) is -0.464. The Kier molecular flexibility index (Phi) is 4.15. The van der Waals surface area contributed by atoms with Gasteiger partial charge in [0.15, 0.2) is 0 Å². The lowest BCUT2D eigenvalue weighted by atomic mass is 10.2. The van der Waals surface area contributed by atoms with Crippen LogP contribution in [0.4, 0.5) is 4.79 Å². The SMILES string of the molecule is N#CC1COCCN1C(=O)OCc1ccccc1. The van der Waals surface area contributed by atoms with Crippen LogP contribution in [0, 0.1) is 11.3 Å². The Morgan fingerprint density at radius 1 is 1.50 bits per heavy atom. The summed E-state index contributed by atoms with van der Waals surface area (Å²) in [6.45, 7) is 1.30. The summed E-state index contributed by atoms with van der Waals surface area (Å²) in [5.41, 5.74) is 0.924. The van der Waals surface area contributed by atoms with Gasteiger partial charge < -0.3 is 9.47 Å². The molecule has 94 valence electrons. The van der Waals surface area contributed by atoms with Crippen molar-refractivity contribution >= 4 is 6.09 Å². The van der Waals surface area contributed by atoms with E-state index in [2.05, 4.69) is 0 Å². The second-order valence-corrected chi connectivity index (χ2v) is 3.95. The van der Waals surface area contributed by atoms with Crippen LogP contribution >= 0.6 is 0 Å². The zero-order chi connectivity index (χ0) is 12.8. The normalized spacial score (nSPS) is 19.1. The molecular formula is C13H14N2O3. The van der Waals surface area contributed by atoms with Crippen LogP contribution in [0.3, 0.4) is 0 Å². The smallest absolute Gasteiger partial charge is 0.411 e. The minimum atomic E-state index is -0.554. The largest absolute Gasteiger partial charge is 0.445 e. The van der Waals surface area contributed by atoms with Gasteiger partial charge in [-0.3, -0.25) is 4.90 Å². The monoisotopic (exact) mass is 246 g/mol. The fourth-order valence-electron chi connectivity index (χ4n) is 1.73. The van der Waals surface area contributed by atoms with E-state index in [0.29, 0.717) is 13.2 Å². The van der Waals surface area contributed by atoms with E-state index < -0.39 is 12.1 Å². The van der Waals surface area contributed by atoms with Crippen molar-refractivity contribution in [1.82, 2.24) is 4.90 Å². The predicted molar refractivity (Wildman–Crippen MR) is 63.6 cm³/mol. The molecule has 1 aliphatic rings. The van der Waals surface area contributed by atoms with E-state index >= 15 is 0 Å². The lowest BCUT2D eigenvalue weighted by Crippen LogP contribution is -2.48. The molecule has 1 heterocycles. The van der Waals surface area contributed by atoms with E-state index in [1.807, 2.05) is 36.4 Å². The van der Waals surface area contributed by atoms with Crippen LogP contribution in [-0.4, -0.2) is 36.8 Å². The molecule has 0 spiro atoms. The molecule has 1 saturated heterocycles. The number of hydrogen-bond acceptors (Lipinski definition) is 4. The summed E-state index contributed by atoms with van der Waals surface area (Å²) in [6, 6.07) is 10.9. The molecule has 0 saturated carbocycles. The third kappa shape index (κ3) is 2.99. The predicted octanol–water partition coefficient (Wildman–Crippen LogP) is 1.55. The minimum absolute atomic E-state index is 0.217. The van der Waals surface area contributed by atoms with Crippen molar-refractivity contribution in [3.05, 3.63) is 35.9 Å². The van der Waals surface area contributed by atoms with Crippen molar-refractivity contribution in [3.8, 4) is 6.07 Å². The van der Waals surface area contributed by atoms with Gasteiger partial charge in [0.1, 0.15) is 12.6 Å². The van der Waals surface area contributed by atoms with Crippen LogP contribution in [0.25, 0.3) is 0 Å². The topological polar surface area (TPSA) is 62.6 Å². The average molecular weight is 246 g/mol. The quantitative estimate of drug-likeness (QED) is 0.794. The molecule has 0 aromatic heterocycles. The maximum atomic E-state index is 11.8. The maximum absolute atomic E-state index is 11.8. The van der Waals surface area contributed by atoms with E-state index in [1.54, 1.807) is 0 Å². The molecule has 1 amide bonds. The van der Waals surface area contributed by atoms with Gasteiger partial charge in [-0.15, -0.1) is 0 Å². The highest BCUT2D eigenvalue weighted by Crippen LogP contribution is 2.09. The highest BCUT2D eigenvalue weighted by molar-refractivity contribution is 5.68. The molecule has 0 aliphatic carbocycles. The number of carbonyl (C=O) groups excluding carboxylic acids is 1. The Morgan fingerprint density at radius 3 is 3.00 bits per heavy atom. The van der Waals surface area contributed by atoms with Crippen molar-refractivity contribution in [1.29, 1.82) is 5.26 Å². The first kappa shape index (κ1) is 12.4. The number of morpholine rings is 1. The molecule has 1 atom stereocenters. The summed E-state index contributed by atoms with van der Waals surface area (Å²) >= 11 is 0. The number of rotatable bonds is 2. The molecule has 0 N–H and O–H groups in total. The number of carbonyl (C=O) groups is 1. The average Bonchev–Trinajstić information content (AvgIpc) is 2.45. The Hall–Kier alpha value is -2.06. The first-order valence-corrected chi connectivity index (χ1v) is 5.76. The van der Waals surface area contributed by atoms with E-state index in [-0.39, 0.29) is 13.2 Å². The number of nitrogens with zero attached hydrogens (tertiary/aromatic N) is 2. The van der Waals surface area contributed by atoms with Gasteiger partial charge >= 0.3 is 6.09 Å². The van der Waals surface area contributed by atoms with E-state index in [4.69, 9.17) is 14.7 Å². The van der Waals surface area contributed by atoms with E-state index in [0.717, 1.165) is 5.56 Å². The third-order valence-corrected chi connectivity index (χ3v) is 2.72. The van der Waals surface area contributed by atoms with E-state index in [9.17, 15) is 4.79 Å². The van der Waals surface area contributed by atoms with Crippen molar-refractivity contribution in [2.75, 3.05) is 19.8 Å². The Morgan fingerprint density at radius 2 is 2.28 bits per heavy atom. The number of ether oxygens (including phenoxy) is 2. The Bertz CT molecular complexity index is 441. The summed E-state index contributed by atoms with van der Waals surface area (Å²) in [4.78, 5) is 13.2. The lowest BCUT2D eigenvalue weighted by Gasteiger charge is -2.30. The summed E-state index contributed by atoms with van der Waals surface area (Å²) in [5, 5.41) is 8.92. The van der Waals surface area contributed by atoms with Crippen molar-refractivity contribution in [2.24, 2.45) is 0 Å². The first-order valence-electron chi connectivity index (χ1n) is 5.76.